The predicted octanol–water partition coefficient (Wildman–Crippen LogP) is 7.34. The van der Waals surface area contributed by atoms with Crippen molar-refractivity contribution in [1.29, 1.82) is 0 Å². The van der Waals surface area contributed by atoms with Crippen molar-refractivity contribution in [2.75, 3.05) is 6.61 Å². The van der Waals surface area contributed by atoms with E-state index in [-0.39, 0.29) is 12.3 Å². The Hall–Kier alpha value is -4.12. The minimum absolute atomic E-state index is 0.157. The standard InChI is InChI=1S/C33H33NO4/c35-32(36)15-2-1-7-22-38-31-14-6-4-10-27(31)23-34(28-20-21-28)33(37)26-18-16-25(17-19-26)30-13-8-11-24-9-3-5-12-29(24)30/h3-6,8-14,16-19,28H,1-2,7,15,20-23H2,(H,35,36)/i28D. The molecule has 0 spiro atoms. The van der Waals surface area contributed by atoms with Gasteiger partial charge in [0.1, 0.15) is 5.75 Å². The number of carboxylic acids is 1. The average Bonchev–Trinajstić information content (AvgIpc) is 3.71. The van der Waals surface area contributed by atoms with Crippen LogP contribution in [-0.2, 0) is 11.3 Å². The number of aliphatic carboxylic acids is 1. The molecule has 4 aromatic rings. The van der Waals surface area contributed by atoms with Crippen molar-refractivity contribution in [2.24, 2.45) is 0 Å². The van der Waals surface area contributed by atoms with Crippen LogP contribution in [0.5, 0.6) is 5.75 Å². The van der Waals surface area contributed by atoms with Gasteiger partial charge in [0, 0.05) is 30.1 Å². The van der Waals surface area contributed by atoms with Crippen molar-refractivity contribution < 1.29 is 20.8 Å². The fourth-order valence-corrected chi connectivity index (χ4v) is 4.76. The Morgan fingerprint density at radius 3 is 2.39 bits per heavy atom. The number of benzene rings is 4. The highest BCUT2D eigenvalue weighted by Crippen LogP contribution is 2.33. The number of ether oxygens (including phenoxy) is 1. The first-order chi connectivity index (χ1) is 18.9. The molecule has 0 heterocycles. The SMILES string of the molecule is [2H]C1(N(Cc2ccccc2OCCCCCC(=O)O)C(=O)c2ccc(-c3cccc4ccccc34)cc2)CC1. The molecule has 1 fully saturated rings. The van der Waals surface area contributed by atoms with Crippen LogP contribution in [0.25, 0.3) is 21.9 Å². The molecule has 0 unspecified atom stereocenters. The molecule has 4 aromatic carbocycles. The summed E-state index contributed by atoms with van der Waals surface area (Å²) < 4.78 is 14.8. The summed E-state index contributed by atoms with van der Waals surface area (Å²) in [5, 5.41) is 11.1. The van der Waals surface area contributed by atoms with Gasteiger partial charge in [0.05, 0.1) is 7.98 Å². The summed E-state index contributed by atoms with van der Waals surface area (Å²) in [6.07, 6.45) is 3.64. The third-order valence-corrected chi connectivity index (χ3v) is 6.93. The minimum Gasteiger partial charge on any atom is -0.493 e. The summed E-state index contributed by atoms with van der Waals surface area (Å²) in [4.78, 5) is 26.1. The van der Waals surface area contributed by atoms with Crippen LogP contribution in [0.3, 0.4) is 0 Å². The van der Waals surface area contributed by atoms with E-state index in [0.717, 1.165) is 29.5 Å². The third kappa shape index (κ3) is 6.23. The highest BCUT2D eigenvalue weighted by Gasteiger charge is 2.33. The zero-order valence-corrected chi connectivity index (χ0v) is 21.4. The van der Waals surface area contributed by atoms with Crippen molar-refractivity contribution in [2.45, 2.75) is 51.1 Å². The van der Waals surface area contributed by atoms with Gasteiger partial charge in [0.2, 0.25) is 0 Å². The molecule has 0 atom stereocenters. The van der Waals surface area contributed by atoms with E-state index in [1.165, 1.54) is 10.8 Å². The Morgan fingerprint density at radius 2 is 1.61 bits per heavy atom. The fraction of sp³-hybridized carbons (Fsp3) is 0.273. The number of carbonyl (C=O) groups excluding carboxylic acids is 1. The average molecular weight is 509 g/mol. The third-order valence-electron chi connectivity index (χ3n) is 6.93. The minimum atomic E-state index is -0.907. The maximum Gasteiger partial charge on any atom is 0.303 e. The lowest BCUT2D eigenvalue weighted by Crippen LogP contribution is -2.32. The molecular weight excluding hydrogens is 474 g/mol. The van der Waals surface area contributed by atoms with E-state index >= 15 is 0 Å². The van der Waals surface area contributed by atoms with E-state index < -0.39 is 12.0 Å². The zero-order valence-electron chi connectivity index (χ0n) is 22.4. The van der Waals surface area contributed by atoms with Crippen LogP contribution in [0.15, 0.2) is 91.0 Å². The second-order valence-electron chi connectivity index (χ2n) is 9.72. The summed E-state index contributed by atoms with van der Waals surface area (Å²) in [6, 6.07) is 28.9. The molecule has 0 aromatic heterocycles. The highest BCUT2D eigenvalue weighted by molar-refractivity contribution is 5.98. The van der Waals surface area contributed by atoms with Gasteiger partial charge in [-0.05, 0) is 72.2 Å². The van der Waals surface area contributed by atoms with Crippen LogP contribution < -0.4 is 4.74 Å². The van der Waals surface area contributed by atoms with Crippen LogP contribution in [0.1, 0.15) is 55.8 Å². The molecule has 0 bridgehead atoms. The molecule has 38 heavy (non-hydrogen) atoms. The Kier molecular flexibility index (Phi) is 7.62. The highest BCUT2D eigenvalue weighted by atomic mass is 16.5. The lowest BCUT2D eigenvalue weighted by Gasteiger charge is -2.24. The topological polar surface area (TPSA) is 66.8 Å². The van der Waals surface area contributed by atoms with E-state index in [9.17, 15) is 9.59 Å². The van der Waals surface area contributed by atoms with Gasteiger partial charge in [-0.2, -0.15) is 0 Å². The quantitative estimate of drug-likeness (QED) is 0.203. The first-order valence-electron chi connectivity index (χ1n) is 13.8. The molecule has 0 saturated heterocycles. The largest absolute Gasteiger partial charge is 0.493 e. The molecule has 5 heteroatoms. The van der Waals surface area contributed by atoms with E-state index in [1.807, 2.05) is 66.7 Å². The maximum absolute atomic E-state index is 13.7. The molecule has 0 radical (unpaired) electrons. The van der Waals surface area contributed by atoms with Crippen LogP contribution in [0.4, 0.5) is 0 Å². The van der Waals surface area contributed by atoms with Gasteiger partial charge < -0.3 is 14.7 Å². The lowest BCUT2D eigenvalue weighted by molar-refractivity contribution is -0.137. The summed E-state index contributed by atoms with van der Waals surface area (Å²) in [6.45, 7) is 0.773. The van der Waals surface area contributed by atoms with Crippen molar-refractivity contribution in [3.63, 3.8) is 0 Å². The summed E-state index contributed by atoms with van der Waals surface area (Å²) in [5.74, 6) is -0.238. The molecule has 5 rings (SSSR count). The van der Waals surface area contributed by atoms with E-state index in [4.69, 9.17) is 11.2 Å². The summed E-state index contributed by atoms with van der Waals surface area (Å²) in [5.41, 5.74) is 3.60. The Labute approximate surface area is 225 Å². The number of fused-ring (bicyclic) bond motifs is 1. The van der Waals surface area contributed by atoms with Crippen LogP contribution in [-0.4, -0.2) is 34.5 Å². The first-order valence-corrected chi connectivity index (χ1v) is 13.3. The summed E-state index contributed by atoms with van der Waals surface area (Å²) >= 11 is 0. The molecule has 1 saturated carbocycles. The van der Waals surface area contributed by atoms with Gasteiger partial charge >= 0.3 is 5.97 Å². The second-order valence-corrected chi connectivity index (χ2v) is 9.72. The Balaban J connectivity index is 1.30. The number of unbranched alkanes of at least 4 members (excludes halogenated alkanes) is 2. The van der Waals surface area contributed by atoms with Crippen LogP contribution in [0, 0.1) is 0 Å². The molecule has 5 nitrogen and oxygen atoms in total. The Bertz CT molecular complexity index is 1460. The molecule has 1 amide bonds. The number of rotatable bonds is 12. The van der Waals surface area contributed by atoms with Crippen molar-refractivity contribution in [3.05, 3.63) is 102 Å². The number of nitrogens with zero attached hydrogens (tertiary/aromatic N) is 1. The molecule has 194 valence electrons. The van der Waals surface area contributed by atoms with Gasteiger partial charge in [-0.15, -0.1) is 0 Å². The smallest absolute Gasteiger partial charge is 0.303 e. The van der Waals surface area contributed by atoms with Crippen molar-refractivity contribution >= 4 is 22.6 Å². The van der Waals surface area contributed by atoms with E-state index in [2.05, 4.69) is 24.3 Å². The maximum atomic E-state index is 13.7. The fourth-order valence-electron chi connectivity index (χ4n) is 4.76. The molecule has 1 aliphatic carbocycles. The van der Waals surface area contributed by atoms with E-state index in [0.29, 0.717) is 43.7 Å². The molecule has 1 aliphatic rings. The molecular formula is C33H33NO4. The molecule has 1 N–H and O–H groups in total. The Morgan fingerprint density at radius 1 is 0.868 bits per heavy atom. The number of carboxylic acid groups (broad SMARTS) is 1. The number of amides is 1. The van der Waals surface area contributed by atoms with Crippen molar-refractivity contribution in [3.8, 4) is 16.9 Å². The first kappa shape index (κ1) is 24.2. The van der Waals surface area contributed by atoms with Gasteiger partial charge in [0.25, 0.3) is 5.91 Å². The summed E-state index contributed by atoms with van der Waals surface area (Å²) in [7, 11) is 0. The van der Waals surface area contributed by atoms with Gasteiger partial charge in [-0.25, -0.2) is 0 Å². The number of hydrogen-bond donors (Lipinski definition) is 1. The lowest BCUT2D eigenvalue weighted by atomic mass is 9.97. The number of para-hydroxylation sites is 1. The van der Waals surface area contributed by atoms with E-state index in [1.54, 1.807) is 4.90 Å². The molecule has 0 aliphatic heterocycles. The van der Waals surface area contributed by atoms with Crippen molar-refractivity contribution in [1.82, 2.24) is 4.90 Å². The van der Waals surface area contributed by atoms with Crippen LogP contribution >= 0.6 is 0 Å². The monoisotopic (exact) mass is 508 g/mol. The number of hydrogen-bond acceptors (Lipinski definition) is 3. The zero-order chi connectivity index (χ0) is 27.2. The second kappa shape index (κ2) is 12.0. The predicted molar refractivity (Wildman–Crippen MR) is 150 cm³/mol. The van der Waals surface area contributed by atoms with Gasteiger partial charge in [-0.1, -0.05) is 72.8 Å². The van der Waals surface area contributed by atoms with Gasteiger partial charge in [0.15, 0.2) is 0 Å². The normalized spacial score (nSPS) is 14.1. The van der Waals surface area contributed by atoms with Gasteiger partial charge in [-0.3, -0.25) is 9.59 Å². The number of carbonyl (C=O) groups is 2. The van der Waals surface area contributed by atoms with Crippen LogP contribution in [0.2, 0.25) is 0 Å².